The van der Waals surface area contributed by atoms with Crippen molar-refractivity contribution in [2.75, 3.05) is 0 Å². The molecule has 0 aromatic heterocycles. The quantitative estimate of drug-likeness (QED) is 0.421. The largest absolute Gasteiger partial charge is 0.432 e. The predicted octanol–water partition coefficient (Wildman–Crippen LogP) is 7.16. The highest BCUT2D eigenvalue weighted by molar-refractivity contribution is 5.33. The summed E-state index contributed by atoms with van der Waals surface area (Å²) in [5, 5.41) is 0. The Hall–Kier alpha value is -1.93. The van der Waals surface area contributed by atoms with Crippen LogP contribution in [0.2, 0.25) is 0 Å². The van der Waals surface area contributed by atoms with Gasteiger partial charge >= 0.3 is 12.2 Å². The summed E-state index contributed by atoms with van der Waals surface area (Å²) < 4.78 is 101. The summed E-state index contributed by atoms with van der Waals surface area (Å²) in [7, 11) is 0. The van der Waals surface area contributed by atoms with Crippen LogP contribution < -0.4 is 9.47 Å². The van der Waals surface area contributed by atoms with E-state index in [-0.39, 0.29) is 12.8 Å². The highest BCUT2D eigenvalue weighted by atomic mass is 19.3. The number of halogens is 7. The van der Waals surface area contributed by atoms with Gasteiger partial charge in [-0.1, -0.05) is 19.8 Å². The fourth-order valence-electron chi connectivity index (χ4n) is 3.37. The summed E-state index contributed by atoms with van der Waals surface area (Å²) in [4.78, 5) is 0. The van der Waals surface area contributed by atoms with E-state index >= 15 is 0 Å². The molecule has 0 saturated heterocycles. The summed E-state index contributed by atoms with van der Waals surface area (Å²) in [6, 6.07) is 1.90. The lowest BCUT2D eigenvalue weighted by Crippen LogP contribution is -2.37. The van der Waals surface area contributed by atoms with E-state index in [0.29, 0.717) is 30.9 Å². The van der Waals surface area contributed by atoms with Crippen LogP contribution in [0.25, 0.3) is 0 Å². The zero-order chi connectivity index (χ0) is 20.9. The van der Waals surface area contributed by atoms with Gasteiger partial charge in [-0.2, -0.15) is 26.3 Å². The van der Waals surface area contributed by atoms with Crippen molar-refractivity contribution in [3.63, 3.8) is 0 Å². The van der Waals surface area contributed by atoms with E-state index in [0.717, 1.165) is 18.9 Å². The molecule has 1 fully saturated rings. The first-order chi connectivity index (χ1) is 13.0. The van der Waals surface area contributed by atoms with Crippen LogP contribution in [0.5, 0.6) is 11.5 Å². The molecular weight excluding hydrogens is 393 g/mol. The van der Waals surface area contributed by atoms with Gasteiger partial charge in [-0.3, -0.25) is 0 Å². The van der Waals surface area contributed by atoms with E-state index in [1.165, 1.54) is 0 Å². The van der Waals surface area contributed by atoms with Crippen LogP contribution in [0.1, 0.15) is 45.4 Å². The van der Waals surface area contributed by atoms with Crippen molar-refractivity contribution in [1.29, 1.82) is 0 Å². The molecule has 0 N–H and O–H groups in total. The minimum Gasteiger partial charge on any atom is -0.432 e. The fourth-order valence-corrected chi connectivity index (χ4v) is 3.37. The van der Waals surface area contributed by atoms with Crippen LogP contribution in [0.3, 0.4) is 0 Å². The molecule has 1 saturated carbocycles. The molecule has 0 bridgehead atoms. The molecule has 1 aromatic carbocycles. The molecule has 28 heavy (non-hydrogen) atoms. The summed E-state index contributed by atoms with van der Waals surface area (Å²) >= 11 is 0. The third kappa shape index (κ3) is 6.31. The van der Waals surface area contributed by atoms with Crippen molar-refractivity contribution in [2.24, 2.45) is 11.8 Å². The van der Waals surface area contributed by atoms with E-state index in [2.05, 4.69) is 9.47 Å². The number of hydrogen-bond donors (Lipinski definition) is 0. The van der Waals surface area contributed by atoms with Gasteiger partial charge in [0.15, 0.2) is 11.6 Å². The predicted molar refractivity (Wildman–Crippen MR) is 88.2 cm³/mol. The third-order valence-electron chi connectivity index (χ3n) is 4.70. The van der Waals surface area contributed by atoms with Crippen LogP contribution in [0.15, 0.2) is 30.4 Å². The van der Waals surface area contributed by atoms with Gasteiger partial charge < -0.3 is 9.47 Å². The van der Waals surface area contributed by atoms with Crippen molar-refractivity contribution in [2.45, 2.75) is 57.7 Å². The van der Waals surface area contributed by atoms with Gasteiger partial charge in [-0.25, -0.2) is 4.39 Å². The van der Waals surface area contributed by atoms with Crippen molar-refractivity contribution in [3.05, 3.63) is 36.2 Å². The zero-order valence-electron chi connectivity index (χ0n) is 15.2. The van der Waals surface area contributed by atoms with E-state index in [1.54, 1.807) is 0 Å². The second kappa shape index (κ2) is 9.05. The van der Waals surface area contributed by atoms with Gasteiger partial charge in [0.05, 0.1) is 12.0 Å². The van der Waals surface area contributed by atoms with Crippen molar-refractivity contribution in [1.82, 2.24) is 0 Å². The number of benzene rings is 1. The summed E-state index contributed by atoms with van der Waals surface area (Å²) in [6.07, 6.45) is -7.67. The second-order valence-corrected chi connectivity index (χ2v) is 6.86. The standard InChI is InChI=1S/C19H21F7O2/c1-2-3-12-4-6-13(7-5-12)19(25,26)27-14-8-9-16(15(20)10-14)28-18(23,24)11-17(21)22/h8-13H,2-7H2,1H3. The molecule has 0 unspecified atom stereocenters. The normalized spacial score (nSPS) is 20.6. The monoisotopic (exact) mass is 414 g/mol. The average Bonchev–Trinajstić information content (AvgIpc) is 2.56. The lowest BCUT2D eigenvalue weighted by Gasteiger charge is -2.33. The summed E-state index contributed by atoms with van der Waals surface area (Å²) in [6.45, 7) is 2.03. The number of alkyl halides is 4. The molecule has 2 nitrogen and oxygen atoms in total. The summed E-state index contributed by atoms with van der Waals surface area (Å²) in [5.74, 6) is -3.69. The van der Waals surface area contributed by atoms with Crippen LogP contribution in [0.4, 0.5) is 30.7 Å². The van der Waals surface area contributed by atoms with Gasteiger partial charge in [-0.15, -0.1) is 0 Å². The Labute approximate surface area is 158 Å². The minimum atomic E-state index is -4.46. The number of hydrogen-bond acceptors (Lipinski definition) is 2. The smallest absolute Gasteiger partial charge is 0.425 e. The maximum absolute atomic E-state index is 14.4. The van der Waals surface area contributed by atoms with Gasteiger partial charge in [0.25, 0.3) is 6.08 Å². The Kier molecular flexibility index (Phi) is 7.22. The maximum atomic E-state index is 14.4. The highest BCUT2D eigenvalue weighted by Gasteiger charge is 2.44. The first-order valence-corrected chi connectivity index (χ1v) is 8.99. The number of rotatable bonds is 8. The van der Waals surface area contributed by atoms with Gasteiger partial charge in [0.2, 0.25) is 0 Å². The number of ether oxygens (including phenoxy) is 2. The molecule has 0 heterocycles. The molecule has 2 rings (SSSR count). The Morgan fingerprint density at radius 3 is 2.25 bits per heavy atom. The van der Waals surface area contributed by atoms with E-state index in [9.17, 15) is 30.7 Å². The van der Waals surface area contributed by atoms with E-state index < -0.39 is 47.6 Å². The molecule has 1 aliphatic rings. The van der Waals surface area contributed by atoms with Crippen molar-refractivity contribution < 1.29 is 40.2 Å². The first-order valence-electron chi connectivity index (χ1n) is 8.99. The van der Waals surface area contributed by atoms with Crippen LogP contribution in [-0.2, 0) is 0 Å². The SMILES string of the molecule is CCCC1CCC(C(F)(F)Oc2ccc(OC(F)(F)C=C(F)F)c(F)c2)CC1. The van der Waals surface area contributed by atoms with Gasteiger partial charge in [-0.05, 0) is 43.7 Å². The topological polar surface area (TPSA) is 18.5 Å². The van der Waals surface area contributed by atoms with Crippen molar-refractivity contribution in [3.8, 4) is 11.5 Å². The molecule has 9 heteroatoms. The zero-order valence-corrected chi connectivity index (χ0v) is 15.2. The first kappa shape index (κ1) is 22.4. The minimum absolute atomic E-state index is 0.273. The fraction of sp³-hybridized carbons (Fsp3) is 0.579. The van der Waals surface area contributed by atoms with Crippen LogP contribution in [-0.4, -0.2) is 12.2 Å². The van der Waals surface area contributed by atoms with Gasteiger partial charge in [0.1, 0.15) is 5.75 Å². The highest BCUT2D eigenvalue weighted by Crippen LogP contribution is 2.41. The molecule has 0 atom stereocenters. The van der Waals surface area contributed by atoms with Crippen LogP contribution >= 0.6 is 0 Å². The maximum Gasteiger partial charge on any atom is 0.425 e. The molecule has 0 aliphatic heterocycles. The van der Waals surface area contributed by atoms with E-state index in [4.69, 9.17) is 0 Å². The Balaban J connectivity index is 2.02. The molecule has 1 aliphatic carbocycles. The Morgan fingerprint density at radius 2 is 1.71 bits per heavy atom. The molecule has 0 spiro atoms. The molecule has 0 radical (unpaired) electrons. The Morgan fingerprint density at radius 1 is 1.07 bits per heavy atom. The summed E-state index contributed by atoms with van der Waals surface area (Å²) in [5.41, 5.74) is 0. The molecular formula is C19H21F7O2. The van der Waals surface area contributed by atoms with E-state index in [1.807, 2.05) is 6.92 Å². The third-order valence-corrected chi connectivity index (χ3v) is 4.70. The lowest BCUT2D eigenvalue weighted by molar-refractivity contribution is -0.223. The van der Waals surface area contributed by atoms with Crippen LogP contribution in [0, 0.1) is 17.7 Å². The molecule has 1 aromatic rings. The van der Waals surface area contributed by atoms with Gasteiger partial charge in [0, 0.05) is 6.07 Å². The van der Waals surface area contributed by atoms with Crippen molar-refractivity contribution >= 4 is 0 Å². The Bertz CT molecular complexity index is 679. The lowest BCUT2D eigenvalue weighted by atomic mass is 9.79. The molecule has 158 valence electrons. The second-order valence-electron chi connectivity index (χ2n) is 6.86. The average molecular weight is 414 g/mol. The molecule has 0 amide bonds.